The minimum atomic E-state index is -0.0356. The molecule has 1 aliphatic rings. The van der Waals surface area contributed by atoms with Crippen LogP contribution in [0.3, 0.4) is 0 Å². The molecule has 82 valence electrons. The summed E-state index contributed by atoms with van der Waals surface area (Å²) in [6.07, 6.45) is 3.46. The molecule has 2 rings (SSSR count). The van der Waals surface area contributed by atoms with Crippen LogP contribution in [-0.2, 0) is 7.05 Å². The molecule has 0 radical (unpaired) electrons. The monoisotopic (exact) mass is 209 g/mol. The number of rotatable bonds is 2. The highest BCUT2D eigenvalue weighted by molar-refractivity contribution is 5.92. The first kappa shape index (κ1) is 10.2. The van der Waals surface area contributed by atoms with E-state index in [4.69, 9.17) is 5.11 Å². The third-order valence-corrected chi connectivity index (χ3v) is 2.89. The quantitative estimate of drug-likeness (QED) is 0.747. The van der Waals surface area contributed by atoms with Gasteiger partial charge in [0.05, 0.1) is 12.6 Å². The third kappa shape index (κ3) is 1.74. The van der Waals surface area contributed by atoms with Crippen molar-refractivity contribution < 1.29 is 9.90 Å². The van der Waals surface area contributed by atoms with Crippen molar-refractivity contribution >= 4 is 5.91 Å². The maximum Gasteiger partial charge on any atom is 0.272 e. The van der Waals surface area contributed by atoms with E-state index in [1.165, 1.54) is 0 Å². The summed E-state index contributed by atoms with van der Waals surface area (Å²) in [4.78, 5) is 13.8. The van der Waals surface area contributed by atoms with Crippen molar-refractivity contribution in [2.24, 2.45) is 7.05 Å². The van der Waals surface area contributed by atoms with E-state index in [0.717, 1.165) is 19.4 Å². The Hall–Kier alpha value is -1.36. The molecular formula is C10H15N3O2. The summed E-state index contributed by atoms with van der Waals surface area (Å²) in [7, 11) is 1.75. The van der Waals surface area contributed by atoms with E-state index < -0.39 is 0 Å². The van der Waals surface area contributed by atoms with Gasteiger partial charge in [-0.05, 0) is 18.9 Å². The Morgan fingerprint density at radius 3 is 3.13 bits per heavy atom. The number of carbonyl (C=O) groups is 1. The van der Waals surface area contributed by atoms with Gasteiger partial charge in [-0.15, -0.1) is 0 Å². The van der Waals surface area contributed by atoms with Crippen LogP contribution in [0.25, 0.3) is 0 Å². The standard InChI is InChI=1S/C10H15N3O2/c1-12-9(4-5-11-12)10(15)13-6-2-3-8(13)7-14/h4-5,8,14H,2-3,6-7H2,1H3/t8-/m0/s1. The molecule has 0 aromatic carbocycles. The van der Waals surface area contributed by atoms with E-state index in [9.17, 15) is 4.79 Å². The maximum atomic E-state index is 12.1. The summed E-state index contributed by atoms with van der Waals surface area (Å²) in [6.45, 7) is 0.777. The van der Waals surface area contributed by atoms with Crippen molar-refractivity contribution in [1.82, 2.24) is 14.7 Å². The molecule has 1 aromatic heterocycles. The minimum absolute atomic E-state index is 0.0209. The van der Waals surface area contributed by atoms with Crippen LogP contribution in [0.2, 0.25) is 0 Å². The predicted molar refractivity (Wildman–Crippen MR) is 54.4 cm³/mol. The summed E-state index contributed by atoms with van der Waals surface area (Å²) >= 11 is 0. The van der Waals surface area contributed by atoms with Crippen molar-refractivity contribution in [2.75, 3.05) is 13.2 Å². The van der Waals surface area contributed by atoms with Crippen LogP contribution >= 0.6 is 0 Å². The molecule has 1 fully saturated rings. The normalized spacial score (nSPS) is 20.9. The predicted octanol–water partition coefficient (Wildman–Crippen LogP) is 0.0170. The second kappa shape index (κ2) is 4.02. The van der Waals surface area contributed by atoms with Crippen LogP contribution in [0.15, 0.2) is 12.3 Å². The fourth-order valence-corrected chi connectivity index (χ4v) is 2.02. The third-order valence-electron chi connectivity index (χ3n) is 2.89. The van der Waals surface area contributed by atoms with E-state index in [0.29, 0.717) is 5.69 Å². The van der Waals surface area contributed by atoms with Crippen molar-refractivity contribution in [3.63, 3.8) is 0 Å². The molecule has 1 aliphatic heterocycles. The van der Waals surface area contributed by atoms with Gasteiger partial charge in [0.2, 0.25) is 0 Å². The topological polar surface area (TPSA) is 58.4 Å². The fourth-order valence-electron chi connectivity index (χ4n) is 2.02. The van der Waals surface area contributed by atoms with Gasteiger partial charge in [-0.1, -0.05) is 0 Å². The van der Waals surface area contributed by atoms with E-state index in [2.05, 4.69) is 5.10 Å². The molecular weight excluding hydrogens is 194 g/mol. The Morgan fingerprint density at radius 2 is 2.53 bits per heavy atom. The molecule has 0 unspecified atom stereocenters. The van der Waals surface area contributed by atoms with Crippen LogP contribution in [0.4, 0.5) is 0 Å². The maximum absolute atomic E-state index is 12.1. The van der Waals surface area contributed by atoms with Crippen LogP contribution in [0.1, 0.15) is 23.3 Å². The second-order valence-corrected chi connectivity index (χ2v) is 3.82. The lowest BCUT2D eigenvalue weighted by Crippen LogP contribution is -2.38. The zero-order valence-electron chi connectivity index (χ0n) is 8.76. The van der Waals surface area contributed by atoms with Gasteiger partial charge >= 0.3 is 0 Å². The van der Waals surface area contributed by atoms with Crippen molar-refractivity contribution in [3.8, 4) is 0 Å². The zero-order chi connectivity index (χ0) is 10.8. The minimum Gasteiger partial charge on any atom is -0.394 e. The molecule has 5 heteroatoms. The van der Waals surface area contributed by atoms with Gasteiger partial charge in [-0.2, -0.15) is 5.10 Å². The Balaban J connectivity index is 2.18. The Kier molecular flexibility index (Phi) is 2.73. The largest absolute Gasteiger partial charge is 0.394 e. The first-order valence-electron chi connectivity index (χ1n) is 5.14. The molecule has 5 nitrogen and oxygen atoms in total. The molecule has 15 heavy (non-hydrogen) atoms. The highest BCUT2D eigenvalue weighted by Gasteiger charge is 2.29. The Labute approximate surface area is 88.3 Å². The fraction of sp³-hybridized carbons (Fsp3) is 0.600. The van der Waals surface area contributed by atoms with Crippen LogP contribution in [0.5, 0.6) is 0 Å². The summed E-state index contributed by atoms with van der Waals surface area (Å²) in [6, 6.07) is 1.68. The Morgan fingerprint density at radius 1 is 1.73 bits per heavy atom. The van der Waals surface area contributed by atoms with Crippen molar-refractivity contribution in [2.45, 2.75) is 18.9 Å². The number of hydrogen-bond donors (Lipinski definition) is 1. The summed E-state index contributed by atoms with van der Waals surface area (Å²) in [5, 5.41) is 13.1. The zero-order valence-corrected chi connectivity index (χ0v) is 8.76. The molecule has 0 spiro atoms. The van der Waals surface area contributed by atoms with E-state index in [1.54, 1.807) is 28.9 Å². The van der Waals surface area contributed by atoms with Gasteiger partial charge in [0.15, 0.2) is 0 Å². The smallest absolute Gasteiger partial charge is 0.272 e. The number of likely N-dealkylation sites (tertiary alicyclic amines) is 1. The number of aliphatic hydroxyl groups is 1. The number of aliphatic hydroxyl groups excluding tert-OH is 1. The van der Waals surface area contributed by atoms with Crippen molar-refractivity contribution in [3.05, 3.63) is 18.0 Å². The lowest BCUT2D eigenvalue weighted by molar-refractivity contribution is 0.0666. The lowest BCUT2D eigenvalue weighted by Gasteiger charge is -2.22. The average Bonchev–Trinajstić information content (AvgIpc) is 2.84. The highest BCUT2D eigenvalue weighted by Crippen LogP contribution is 2.19. The molecule has 0 saturated carbocycles. The van der Waals surface area contributed by atoms with Crippen LogP contribution in [-0.4, -0.2) is 44.9 Å². The number of carbonyl (C=O) groups excluding carboxylic acids is 1. The highest BCUT2D eigenvalue weighted by atomic mass is 16.3. The molecule has 1 atom stereocenters. The molecule has 0 bridgehead atoms. The summed E-state index contributed by atoms with van der Waals surface area (Å²) in [5.41, 5.74) is 0.579. The number of nitrogens with zero attached hydrogens (tertiary/aromatic N) is 3. The van der Waals surface area contributed by atoms with E-state index >= 15 is 0 Å². The van der Waals surface area contributed by atoms with Crippen LogP contribution < -0.4 is 0 Å². The van der Waals surface area contributed by atoms with Gasteiger partial charge in [0, 0.05) is 19.8 Å². The van der Waals surface area contributed by atoms with Gasteiger partial charge in [0.1, 0.15) is 5.69 Å². The van der Waals surface area contributed by atoms with Crippen LogP contribution in [0, 0.1) is 0 Å². The van der Waals surface area contributed by atoms with E-state index in [-0.39, 0.29) is 18.6 Å². The first-order valence-corrected chi connectivity index (χ1v) is 5.14. The molecule has 2 heterocycles. The number of aromatic nitrogens is 2. The van der Waals surface area contributed by atoms with Gasteiger partial charge < -0.3 is 10.0 Å². The molecule has 1 amide bonds. The molecule has 1 N–H and O–H groups in total. The number of aryl methyl sites for hydroxylation is 1. The number of amides is 1. The average molecular weight is 209 g/mol. The lowest BCUT2D eigenvalue weighted by atomic mass is 10.2. The molecule has 1 aromatic rings. The van der Waals surface area contributed by atoms with Gasteiger partial charge in [-0.25, -0.2) is 0 Å². The molecule has 1 saturated heterocycles. The SMILES string of the molecule is Cn1nccc1C(=O)N1CCC[C@H]1CO. The summed E-state index contributed by atoms with van der Waals surface area (Å²) < 4.78 is 1.56. The number of hydrogen-bond acceptors (Lipinski definition) is 3. The summed E-state index contributed by atoms with van der Waals surface area (Å²) in [5.74, 6) is -0.0356. The Bertz CT molecular complexity index is 361. The van der Waals surface area contributed by atoms with Gasteiger partial charge in [0.25, 0.3) is 5.91 Å². The van der Waals surface area contributed by atoms with Crippen molar-refractivity contribution in [1.29, 1.82) is 0 Å². The molecule has 0 aliphatic carbocycles. The first-order chi connectivity index (χ1) is 7.24. The van der Waals surface area contributed by atoms with Gasteiger partial charge in [-0.3, -0.25) is 9.48 Å². The second-order valence-electron chi connectivity index (χ2n) is 3.82. The van der Waals surface area contributed by atoms with E-state index in [1.807, 2.05) is 0 Å².